The van der Waals surface area contributed by atoms with Gasteiger partial charge in [0.05, 0.1) is 77.9 Å². The SMILES string of the molecule is C[C@@]1(O)[C@H](O)[C@@H](CO)O[C@@]1(CO)c1ccc2c(N)ccnn12.Cc1ncnn2c([C@]3(C)O[C@H](COP(=O)(N[C@@H](C)COC(=O)C(C)(C)C)Oc4ccccc4)[C@@H](O)[C@H]3O)ccc12.Nc1ncnn2c([C@]3(CO)O[C@H](CO)[C@@H](O)[C@H]3O)ccc12. The molecule has 6 aromatic heterocycles. The van der Waals surface area contributed by atoms with Crippen molar-refractivity contribution in [1.82, 2.24) is 43.9 Å². The van der Waals surface area contributed by atoms with Crippen molar-refractivity contribution in [3.8, 4) is 5.75 Å². The van der Waals surface area contributed by atoms with Crippen LogP contribution in [0.25, 0.3) is 16.6 Å². The van der Waals surface area contributed by atoms with Crippen molar-refractivity contribution in [3.05, 3.63) is 114 Å². The summed E-state index contributed by atoms with van der Waals surface area (Å²) in [4.78, 5) is 20.2. The Labute approximate surface area is 475 Å². The van der Waals surface area contributed by atoms with Crippen molar-refractivity contribution in [2.75, 3.05) is 51.1 Å². The molecule has 30 heteroatoms. The van der Waals surface area contributed by atoms with Crippen molar-refractivity contribution in [2.45, 2.75) is 126 Å². The zero-order valence-electron chi connectivity index (χ0n) is 46.5. The van der Waals surface area contributed by atoms with Gasteiger partial charge in [-0.05, 0) is 103 Å². The number of hydrogen-bond donors (Lipinski definition) is 13. The van der Waals surface area contributed by atoms with Crippen molar-refractivity contribution in [2.24, 2.45) is 5.41 Å². The predicted molar refractivity (Wildman–Crippen MR) is 293 cm³/mol. The molecule has 1 aromatic carbocycles. The number of esters is 1. The number of aryl methyl sites for hydroxylation is 1. The number of anilines is 2. The maximum atomic E-state index is 13.9. The van der Waals surface area contributed by atoms with E-state index in [1.165, 1.54) is 34.8 Å². The number of aliphatic hydroxyl groups excluding tert-OH is 9. The summed E-state index contributed by atoms with van der Waals surface area (Å²) in [5, 5.41) is 117. The number of rotatable bonds is 16. The number of nitrogens with one attached hydrogen (secondary N) is 1. The molecule has 3 saturated heterocycles. The monoisotopic (exact) mass is 1180 g/mol. The fraction of sp³-hybridized carbons (Fsp3) is 0.509. The van der Waals surface area contributed by atoms with Gasteiger partial charge in [0.1, 0.15) is 90.6 Å². The van der Waals surface area contributed by atoms with Gasteiger partial charge in [0.15, 0.2) is 17.0 Å². The van der Waals surface area contributed by atoms with Crippen molar-refractivity contribution in [3.63, 3.8) is 0 Å². The zero-order valence-corrected chi connectivity index (χ0v) is 47.4. The van der Waals surface area contributed by atoms with E-state index in [1.54, 1.807) is 106 Å². The number of carbonyl (C=O) groups is 1. The number of aliphatic hydroxyl groups is 10. The summed E-state index contributed by atoms with van der Waals surface area (Å²) >= 11 is 0. The molecule has 7 aromatic rings. The summed E-state index contributed by atoms with van der Waals surface area (Å²) in [6.45, 7) is 9.08. The Morgan fingerprint density at radius 2 is 1.34 bits per heavy atom. The van der Waals surface area contributed by atoms with Gasteiger partial charge in [-0.15, -0.1) is 0 Å². The number of benzene rings is 1. The highest BCUT2D eigenvalue weighted by Crippen LogP contribution is 2.49. The quantitative estimate of drug-likeness (QED) is 0.0423. The molecule has 9 heterocycles. The molecule has 10 rings (SSSR count). The second kappa shape index (κ2) is 24.3. The van der Waals surface area contributed by atoms with Gasteiger partial charge in [-0.3, -0.25) is 9.32 Å². The molecule has 0 aliphatic carbocycles. The van der Waals surface area contributed by atoms with E-state index in [4.69, 9.17) is 39.5 Å². The van der Waals surface area contributed by atoms with Crippen molar-refractivity contribution < 1.29 is 88.4 Å². The molecule has 0 saturated carbocycles. The molecule has 0 radical (unpaired) electrons. The summed E-state index contributed by atoms with van der Waals surface area (Å²) in [6.07, 6.45) is -5.78. The number of fused-ring (bicyclic) bond motifs is 3. The van der Waals surface area contributed by atoms with Gasteiger partial charge in [-0.2, -0.15) is 15.3 Å². The summed E-state index contributed by atoms with van der Waals surface area (Å²) in [6, 6.07) is 19.5. The number of nitrogen functional groups attached to an aromatic ring is 2. The van der Waals surface area contributed by atoms with Crippen LogP contribution in [0.5, 0.6) is 5.75 Å². The fourth-order valence-electron chi connectivity index (χ4n) is 10.2. The predicted octanol–water partition coefficient (Wildman–Crippen LogP) is -0.636. The van der Waals surface area contributed by atoms with E-state index in [0.717, 1.165) is 11.2 Å². The highest BCUT2D eigenvalue weighted by molar-refractivity contribution is 7.52. The summed E-state index contributed by atoms with van der Waals surface area (Å²) in [7, 11) is -4.08. The first-order chi connectivity index (χ1) is 39.2. The third-order valence-corrected chi connectivity index (χ3v) is 16.7. The summed E-state index contributed by atoms with van der Waals surface area (Å²) in [5.74, 6) is 0.107. The van der Waals surface area contributed by atoms with E-state index in [-0.39, 0.29) is 24.8 Å². The first-order valence-electron chi connectivity index (χ1n) is 26.3. The molecule has 15 N–H and O–H groups in total. The smallest absolute Gasteiger partial charge is 0.459 e. The minimum absolute atomic E-state index is 0.0799. The molecule has 1 unspecified atom stereocenters. The molecule has 0 amide bonds. The lowest BCUT2D eigenvalue weighted by Gasteiger charge is -2.37. The van der Waals surface area contributed by atoms with Crippen LogP contribution in [0.4, 0.5) is 11.5 Å². The number of nitrogens with two attached hydrogens (primary N) is 2. The summed E-state index contributed by atoms with van der Waals surface area (Å²) in [5.41, 5.74) is 8.72. The van der Waals surface area contributed by atoms with Gasteiger partial charge in [0.2, 0.25) is 0 Å². The zero-order chi connectivity index (χ0) is 60.6. The lowest BCUT2D eigenvalue weighted by Crippen LogP contribution is -2.55. The molecule has 14 atom stereocenters. The van der Waals surface area contributed by atoms with Gasteiger partial charge in [0.25, 0.3) is 0 Å². The van der Waals surface area contributed by atoms with Crippen LogP contribution in [0.2, 0.25) is 0 Å². The standard InChI is InChI=1S/C27H37N4O8P.C14H19N3O5.C12H16N4O5/c1-17(14-36-25(34)26(3,4)5)30-40(35,39-19-10-8-7-9-11-19)37-15-21-23(32)24(33)27(6,38-21)22-13-12-20-18(2)28-16-29-31(20)22;1-13(21)12(20)10(6-18)22-14(13,7-19)11-3-2-9-8(15)4-5-16-17(9)11;13-11-6-1-2-8(16(6)15-5-14-11)12(4-18)10(20)9(19)7(3-17)21-12/h7-13,16-17,21,23-24,32-33H,14-15H2,1-6H3,(H,30,35);2-5,10,12,18-21H,6-7,15H2,1H3;1-2,5,7,9-10,17-20H,3-4H2,(H2,13,14,15)/t17-,21+,23+,24+,27-,40?;10-,12-,13-,14+;7-,9-,10-,12+/m011/s1. The minimum atomic E-state index is -4.08. The van der Waals surface area contributed by atoms with E-state index in [2.05, 4.69) is 30.4 Å². The lowest BCUT2D eigenvalue weighted by molar-refractivity contribution is -0.167. The molecule has 3 fully saturated rings. The number of aromatic nitrogens is 8. The van der Waals surface area contributed by atoms with Crippen LogP contribution < -0.4 is 21.1 Å². The first-order valence-corrected chi connectivity index (χ1v) is 27.9. The van der Waals surface area contributed by atoms with Crippen LogP contribution in [-0.2, 0) is 49.6 Å². The normalized spacial score (nSPS) is 29.9. The number of nitrogens with zero attached hydrogens (tertiary/aromatic N) is 8. The van der Waals surface area contributed by atoms with Crippen molar-refractivity contribution in [1.29, 1.82) is 0 Å². The van der Waals surface area contributed by atoms with Gasteiger partial charge in [-0.1, -0.05) is 18.2 Å². The highest BCUT2D eigenvalue weighted by Gasteiger charge is 2.64. The molecule has 0 spiro atoms. The van der Waals surface area contributed by atoms with Crippen LogP contribution in [0.15, 0.2) is 91.6 Å². The topological polar surface area (TPSA) is 434 Å². The molecule has 0 bridgehead atoms. The van der Waals surface area contributed by atoms with E-state index in [1.807, 2.05) is 13.0 Å². The number of ether oxygens (including phenoxy) is 4. The van der Waals surface area contributed by atoms with Crippen LogP contribution in [0.1, 0.15) is 64.3 Å². The third-order valence-electron chi connectivity index (χ3n) is 15.0. The molecular formula is C53H72N11O18P. The molecule has 3 aliphatic rings. The summed E-state index contributed by atoms with van der Waals surface area (Å²) < 4.78 is 52.5. The second-order valence-electron chi connectivity index (χ2n) is 21.8. The third kappa shape index (κ3) is 11.7. The maximum Gasteiger partial charge on any atom is 0.459 e. The van der Waals surface area contributed by atoms with E-state index < -0.39 is 123 Å². The van der Waals surface area contributed by atoms with Crippen LogP contribution in [-0.4, -0.2) is 196 Å². The molecule has 29 nitrogen and oxygen atoms in total. The van der Waals surface area contributed by atoms with Gasteiger partial charge in [-0.25, -0.2) is 33.2 Å². The van der Waals surface area contributed by atoms with Gasteiger partial charge < -0.3 is 86.0 Å². The Bertz CT molecular complexity index is 3420. The van der Waals surface area contributed by atoms with E-state index >= 15 is 0 Å². The van der Waals surface area contributed by atoms with Crippen LogP contribution in [0.3, 0.4) is 0 Å². The minimum Gasteiger partial charge on any atom is -0.464 e. The van der Waals surface area contributed by atoms with Gasteiger partial charge >= 0.3 is 13.7 Å². The molecular weight excluding hydrogens is 1110 g/mol. The molecule has 3 aliphatic heterocycles. The average Bonchev–Trinajstić information content (AvgIpc) is 1.87. The first kappa shape index (κ1) is 62.7. The number of hydrogen-bond acceptors (Lipinski definition) is 25. The fourth-order valence-corrected chi connectivity index (χ4v) is 11.8. The number of carbonyl (C=O) groups excluding carboxylic acids is 1. The second-order valence-corrected chi connectivity index (χ2v) is 23.5. The van der Waals surface area contributed by atoms with Crippen LogP contribution >= 0.6 is 7.75 Å². The van der Waals surface area contributed by atoms with Crippen LogP contribution in [0, 0.1) is 12.3 Å². The van der Waals surface area contributed by atoms with Crippen molar-refractivity contribution >= 4 is 41.8 Å². The van der Waals surface area contributed by atoms with Gasteiger partial charge in [0, 0.05) is 12.2 Å². The Hall–Kier alpha value is -6.35. The Balaban J connectivity index is 0.000000176. The average molecular weight is 1180 g/mol. The maximum absolute atomic E-state index is 13.9. The Morgan fingerprint density at radius 1 is 0.735 bits per heavy atom. The number of para-hydroxylation sites is 1. The largest absolute Gasteiger partial charge is 0.464 e. The Morgan fingerprint density at radius 3 is 1.96 bits per heavy atom. The van der Waals surface area contributed by atoms with E-state index in [0.29, 0.717) is 33.8 Å². The van der Waals surface area contributed by atoms with E-state index in [9.17, 15) is 60.4 Å². The molecule has 452 valence electrons. The molecule has 83 heavy (non-hydrogen) atoms. The lowest BCUT2D eigenvalue weighted by atomic mass is 9.80. The highest BCUT2D eigenvalue weighted by atomic mass is 31.2. The Kier molecular flexibility index (Phi) is 18.4.